The molecule has 0 aliphatic carbocycles. The Balaban J connectivity index is 2.14. The van der Waals surface area contributed by atoms with Crippen LogP contribution in [0.3, 0.4) is 0 Å². The van der Waals surface area contributed by atoms with Crippen LogP contribution in [0.4, 0.5) is 5.69 Å². The van der Waals surface area contributed by atoms with Gasteiger partial charge in [-0.2, -0.15) is 0 Å². The summed E-state index contributed by atoms with van der Waals surface area (Å²) >= 11 is 0. The van der Waals surface area contributed by atoms with E-state index in [1.165, 1.54) is 19.1 Å². The van der Waals surface area contributed by atoms with Crippen LogP contribution in [0.1, 0.15) is 6.92 Å². The SMILES string of the molecule is CC(=O)Nc1ccc2oc(=O)c(-c3ccc(O)cc3)cc2c1. The van der Waals surface area contributed by atoms with Crippen molar-refractivity contribution in [3.63, 3.8) is 0 Å². The number of rotatable bonds is 2. The predicted octanol–water partition coefficient (Wildman–Crippen LogP) is 3.12. The number of fused-ring (bicyclic) bond motifs is 1. The topological polar surface area (TPSA) is 79.5 Å². The second-order valence-electron chi connectivity index (χ2n) is 4.93. The van der Waals surface area contributed by atoms with E-state index in [1.54, 1.807) is 36.4 Å². The lowest BCUT2D eigenvalue weighted by molar-refractivity contribution is -0.114. The van der Waals surface area contributed by atoms with Gasteiger partial charge in [0.2, 0.25) is 5.91 Å². The summed E-state index contributed by atoms with van der Waals surface area (Å²) in [5.74, 6) is -0.0441. The highest BCUT2D eigenvalue weighted by Crippen LogP contribution is 2.24. The maximum atomic E-state index is 12.1. The molecular formula is C17H13NO4. The molecule has 5 heteroatoms. The molecule has 0 saturated heterocycles. The van der Waals surface area contributed by atoms with Crippen LogP contribution in [0, 0.1) is 0 Å². The molecular weight excluding hydrogens is 282 g/mol. The highest BCUT2D eigenvalue weighted by atomic mass is 16.4. The normalized spacial score (nSPS) is 10.6. The van der Waals surface area contributed by atoms with E-state index in [2.05, 4.69) is 5.32 Å². The fraction of sp³-hybridized carbons (Fsp3) is 0.0588. The molecule has 0 unspecified atom stereocenters. The monoisotopic (exact) mass is 295 g/mol. The molecule has 1 heterocycles. The third-order valence-electron chi connectivity index (χ3n) is 3.23. The molecule has 3 aromatic rings. The van der Waals surface area contributed by atoms with Gasteiger partial charge in [0.15, 0.2) is 0 Å². The first-order chi connectivity index (χ1) is 10.5. The first kappa shape index (κ1) is 13.9. The number of phenols is 1. The third kappa shape index (κ3) is 2.69. The van der Waals surface area contributed by atoms with Crippen molar-refractivity contribution in [1.82, 2.24) is 0 Å². The van der Waals surface area contributed by atoms with Crippen LogP contribution in [0.2, 0.25) is 0 Å². The smallest absolute Gasteiger partial charge is 0.344 e. The Hall–Kier alpha value is -3.08. The van der Waals surface area contributed by atoms with Crippen molar-refractivity contribution < 1.29 is 14.3 Å². The molecule has 0 atom stereocenters. The van der Waals surface area contributed by atoms with E-state index < -0.39 is 5.63 Å². The minimum absolute atomic E-state index is 0.127. The van der Waals surface area contributed by atoms with E-state index in [1.807, 2.05) is 0 Å². The summed E-state index contributed by atoms with van der Waals surface area (Å²) in [6.45, 7) is 1.43. The number of phenolic OH excluding ortho intramolecular Hbond substituents is 1. The maximum Gasteiger partial charge on any atom is 0.344 e. The average Bonchev–Trinajstić information content (AvgIpc) is 2.47. The molecule has 0 fully saturated rings. The summed E-state index contributed by atoms with van der Waals surface area (Å²) in [7, 11) is 0. The zero-order valence-corrected chi connectivity index (χ0v) is 11.8. The third-order valence-corrected chi connectivity index (χ3v) is 3.23. The highest BCUT2D eigenvalue weighted by molar-refractivity contribution is 5.92. The Morgan fingerprint density at radius 2 is 1.82 bits per heavy atom. The van der Waals surface area contributed by atoms with Crippen LogP contribution in [0.15, 0.2) is 57.7 Å². The number of aromatic hydroxyl groups is 1. The number of hydrogen-bond acceptors (Lipinski definition) is 4. The van der Waals surface area contributed by atoms with E-state index in [-0.39, 0.29) is 11.7 Å². The van der Waals surface area contributed by atoms with Gasteiger partial charge in [-0.1, -0.05) is 12.1 Å². The quantitative estimate of drug-likeness (QED) is 0.712. The van der Waals surface area contributed by atoms with E-state index in [4.69, 9.17) is 4.42 Å². The summed E-state index contributed by atoms with van der Waals surface area (Å²) in [6, 6.07) is 13.1. The number of nitrogens with one attached hydrogen (secondary N) is 1. The van der Waals surface area contributed by atoms with Crippen molar-refractivity contribution in [2.24, 2.45) is 0 Å². The Morgan fingerprint density at radius 1 is 1.09 bits per heavy atom. The standard InChI is InChI=1S/C17H13NO4/c1-10(19)18-13-4-7-16-12(8-13)9-15(17(21)22-16)11-2-5-14(20)6-3-11/h2-9,20H,1H3,(H,18,19). The predicted molar refractivity (Wildman–Crippen MR) is 83.9 cm³/mol. The van der Waals surface area contributed by atoms with Crippen LogP contribution in [-0.2, 0) is 4.79 Å². The number of carbonyl (C=O) groups excluding carboxylic acids is 1. The van der Waals surface area contributed by atoms with Gasteiger partial charge < -0.3 is 14.8 Å². The van der Waals surface area contributed by atoms with Crippen molar-refractivity contribution in [2.45, 2.75) is 6.92 Å². The minimum atomic E-state index is -0.453. The van der Waals surface area contributed by atoms with Gasteiger partial charge in [-0.3, -0.25) is 4.79 Å². The molecule has 2 N–H and O–H groups in total. The first-order valence-corrected chi connectivity index (χ1v) is 6.68. The van der Waals surface area contributed by atoms with E-state index in [9.17, 15) is 14.7 Å². The Bertz CT molecular complexity index is 910. The fourth-order valence-corrected chi connectivity index (χ4v) is 2.25. The fourth-order valence-electron chi connectivity index (χ4n) is 2.25. The molecule has 0 aliphatic rings. The summed E-state index contributed by atoms with van der Waals surface area (Å²) in [4.78, 5) is 23.2. The van der Waals surface area contributed by atoms with Crippen molar-refractivity contribution in [3.8, 4) is 16.9 Å². The minimum Gasteiger partial charge on any atom is -0.508 e. The molecule has 22 heavy (non-hydrogen) atoms. The van der Waals surface area contributed by atoms with Crippen LogP contribution in [0.5, 0.6) is 5.75 Å². The van der Waals surface area contributed by atoms with Gasteiger partial charge >= 0.3 is 5.63 Å². The van der Waals surface area contributed by atoms with Crippen LogP contribution < -0.4 is 10.9 Å². The Kier molecular flexibility index (Phi) is 3.39. The van der Waals surface area contributed by atoms with Gasteiger partial charge in [-0.05, 0) is 42.0 Å². The highest BCUT2D eigenvalue weighted by Gasteiger charge is 2.09. The van der Waals surface area contributed by atoms with Crippen LogP contribution in [0.25, 0.3) is 22.1 Å². The van der Waals surface area contributed by atoms with Crippen LogP contribution in [-0.4, -0.2) is 11.0 Å². The molecule has 0 saturated carbocycles. The molecule has 5 nitrogen and oxygen atoms in total. The number of carbonyl (C=O) groups is 1. The lowest BCUT2D eigenvalue weighted by atomic mass is 10.1. The Morgan fingerprint density at radius 3 is 2.50 bits per heavy atom. The molecule has 2 aromatic carbocycles. The van der Waals surface area contributed by atoms with Crippen molar-refractivity contribution >= 4 is 22.6 Å². The van der Waals surface area contributed by atoms with Crippen molar-refractivity contribution in [3.05, 3.63) is 59.0 Å². The molecule has 0 bridgehead atoms. The second kappa shape index (κ2) is 5.37. The molecule has 1 aromatic heterocycles. The van der Waals surface area contributed by atoms with Gasteiger partial charge in [-0.15, -0.1) is 0 Å². The molecule has 0 radical (unpaired) electrons. The van der Waals surface area contributed by atoms with Crippen molar-refractivity contribution in [1.29, 1.82) is 0 Å². The van der Waals surface area contributed by atoms with Gasteiger partial charge in [0, 0.05) is 18.0 Å². The molecule has 0 spiro atoms. The summed E-state index contributed by atoms with van der Waals surface area (Å²) < 4.78 is 5.31. The molecule has 110 valence electrons. The van der Waals surface area contributed by atoms with Gasteiger partial charge in [-0.25, -0.2) is 4.79 Å². The molecule has 3 rings (SSSR count). The average molecular weight is 295 g/mol. The first-order valence-electron chi connectivity index (χ1n) is 6.68. The Labute approximate surface area is 125 Å². The number of benzene rings is 2. The summed E-state index contributed by atoms with van der Waals surface area (Å²) in [6.07, 6.45) is 0. The number of hydrogen-bond donors (Lipinski definition) is 2. The lowest BCUT2D eigenvalue weighted by Gasteiger charge is -2.06. The second-order valence-corrected chi connectivity index (χ2v) is 4.93. The van der Waals surface area contributed by atoms with Crippen molar-refractivity contribution in [2.75, 3.05) is 5.32 Å². The van der Waals surface area contributed by atoms with E-state index in [0.29, 0.717) is 27.8 Å². The van der Waals surface area contributed by atoms with E-state index in [0.717, 1.165) is 0 Å². The summed E-state index contributed by atoms with van der Waals surface area (Å²) in [5, 5.41) is 12.7. The summed E-state index contributed by atoms with van der Waals surface area (Å²) in [5.41, 5.74) is 1.67. The zero-order valence-electron chi connectivity index (χ0n) is 11.8. The number of amides is 1. The number of anilines is 1. The van der Waals surface area contributed by atoms with Gasteiger partial charge in [0.05, 0.1) is 5.56 Å². The zero-order chi connectivity index (χ0) is 15.7. The van der Waals surface area contributed by atoms with Gasteiger partial charge in [0.1, 0.15) is 11.3 Å². The molecule has 0 aliphatic heterocycles. The lowest BCUT2D eigenvalue weighted by Crippen LogP contribution is -2.06. The largest absolute Gasteiger partial charge is 0.508 e. The maximum absolute atomic E-state index is 12.1. The molecule has 1 amide bonds. The van der Waals surface area contributed by atoms with Crippen LogP contribution >= 0.6 is 0 Å². The van der Waals surface area contributed by atoms with Gasteiger partial charge in [0.25, 0.3) is 0 Å². The van der Waals surface area contributed by atoms with E-state index >= 15 is 0 Å².